The molecular weight excluding hydrogens is 386 g/mol. The van der Waals surface area contributed by atoms with Crippen LogP contribution in [0.4, 0.5) is 11.8 Å². The van der Waals surface area contributed by atoms with Gasteiger partial charge in [-0.3, -0.25) is 4.79 Å². The van der Waals surface area contributed by atoms with Crippen molar-refractivity contribution in [3.63, 3.8) is 0 Å². The maximum atomic E-state index is 11.6. The highest BCUT2D eigenvalue weighted by Crippen LogP contribution is 2.20. The van der Waals surface area contributed by atoms with Gasteiger partial charge in [-0.1, -0.05) is 49.4 Å². The molecule has 0 radical (unpaired) electrons. The van der Waals surface area contributed by atoms with Crippen LogP contribution in [-0.4, -0.2) is 47.3 Å². The molecule has 0 saturated carbocycles. The Morgan fingerprint density at radius 2 is 2.07 bits per heavy atom. The van der Waals surface area contributed by atoms with E-state index in [1.807, 2.05) is 24.3 Å². The Bertz CT molecular complexity index is 812. The number of nitrogens with one attached hydrogen (secondary N) is 2. The minimum atomic E-state index is 0.00556. The number of aromatic nitrogens is 2. The molecule has 0 saturated heterocycles. The molecule has 0 bridgehead atoms. The van der Waals surface area contributed by atoms with Gasteiger partial charge < -0.3 is 15.5 Å². The van der Waals surface area contributed by atoms with Crippen molar-refractivity contribution < 1.29 is 4.79 Å². The highest BCUT2D eigenvalue weighted by atomic mass is 35.5. The van der Waals surface area contributed by atoms with Crippen LogP contribution in [0.2, 0.25) is 5.02 Å². The first-order valence-corrected chi connectivity index (χ1v) is 10.3. The lowest BCUT2D eigenvalue weighted by molar-refractivity contribution is -0.114. The molecule has 0 atom stereocenters. The zero-order chi connectivity index (χ0) is 21.1. The zero-order valence-corrected chi connectivity index (χ0v) is 18.0. The lowest BCUT2D eigenvalue weighted by Crippen LogP contribution is -2.19. The third kappa shape index (κ3) is 8.21. The second-order valence-electron chi connectivity index (χ2n) is 6.94. The molecule has 2 N–H and O–H groups in total. The number of unbranched alkanes of at least 4 members (excludes halogenated alkanes) is 1. The van der Waals surface area contributed by atoms with Crippen molar-refractivity contribution in [2.75, 3.05) is 37.3 Å². The Balaban J connectivity index is 1.87. The van der Waals surface area contributed by atoms with Gasteiger partial charge in [0, 0.05) is 19.5 Å². The molecule has 2 aromatic rings. The fourth-order valence-electron chi connectivity index (χ4n) is 2.75. The lowest BCUT2D eigenvalue weighted by Gasteiger charge is -2.13. The van der Waals surface area contributed by atoms with Gasteiger partial charge in [0.25, 0.3) is 0 Å². The standard InChI is InChI=1S/C22H30ClN5O/c1-4-19(29)14-17-9-8-10-18(13-17)15-25-21-20(23)16-26-22(27-21)24-11-6-7-12-28(3)5-2/h4,8-10,13,16H,1,5-7,11-12,14-15H2,2-3H3,(H2,24,25,26,27). The summed E-state index contributed by atoms with van der Waals surface area (Å²) in [6.45, 7) is 9.20. The molecule has 1 aromatic heterocycles. The predicted octanol–water partition coefficient (Wildman–Crippen LogP) is 4.18. The molecule has 1 aromatic carbocycles. The molecular formula is C22H30ClN5O. The van der Waals surface area contributed by atoms with Crippen LogP contribution in [0.25, 0.3) is 0 Å². The number of hydrogen-bond acceptors (Lipinski definition) is 6. The summed E-state index contributed by atoms with van der Waals surface area (Å²) in [5.74, 6) is 1.15. The van der Waals surface area contributed by atoms with Gasteiger partial charge in [-0.25, -0.2) is 4.98 Å². The summed E-state index contributed by atoms with van der Waals surface area (Å²) in [5.41, 5.74) is 2.00. The Morgan fingerprint density at radius 1 is 1.28 bits per heavy atom. The first kappa shape index (κ1) is 22.8. The van der Waals surface area contributed by atoms with E-state index in [1.165, 1.54) is 6.08 Å². The van der Waals surface area contributed by atoms with Gasteiger partial charge in [-0.15, -0.1) is 0 Å². The molecule has 29 heavy (non-hydrogen) atoms. The van der Waals surface area contributed by atoms with Gasteiger partial charge in [0.2, 0.25) is 5.95 Å². The number of anilines is 2. The second kappa shape index (κ2) is 12.2. The van der Waals surface area contributed by atoms with Crippen LogP contribution in [0.15, 0.2) is 43.1 Å². The third-order valence-electron chi connectivity index (χ3n) is 4.59. The Kier molecular flexibility index (Phi) is 9.60. The number of halogens is 1. The van der Waals surface area contributed by atoms with Crippen LogP contribution in [-0.2, 0) is 17.8 Å². The number of carbonyl (C=O) groups excluding carboxylic acids is 1. The summed E-state index contributed by atoms with van der Waals surface area (Å²) in [4.78, 5) is 22.6. The van der Waals surface area contributed by atoms with Crippen LogP contribution in [0.5, 0.6) is 0 Å². The number of carbonyl (C=O) groups is 1. The van der Waals surface area contributed by atoms with E-state index in [2.05, 4.69) is 46.1 Å². The summed E-state index contributed by atoms with van der Waals surface area (Å²) in [5, 5.41) is 6.98. The van der Waals surface area contributed by atoms with Gasteiger partial charge in [-0.2, -0.15) is 4.98 Å². The molecule has 1 heterocycles. The number of benzene rings is 1. The van der Waals surface area contributed by atoms with Crippen LogP contribution in [0.1, 0.15) is 30.9 Å². The first-order valence-electron chi connectivity index (χ1n) is 9.93. The fraction of sp³-hybridized carbons (Fsp3) is 0.409. The SMILES string of the molecule is C=CC(=O)Cc1cccc(CNc2nc(NCCCCN(C)CC)ncc2Cl)c1. The molecule has 2 rings (SSSR count). The zero-order valence-electron chi connectivity index (χ0n) is 17.2. The third-order valence-corrected chi connectivity index (χ3v) is 4.87. The number of allylic oxidation sites excluding steroid dienone is 1. The number of nitrogens with zero attached hydrogens (tertiary/aromatic N) is 3. The summed E-state index contributed by atoms with van der Waals surface area (Å²) in [6, 6.07) is 7.86. The summed E-state index contributed by atoms with van der Waals surface area (Å²) in [6.07, 6.45) is 5.48. The second-order valence-corrected chi connectivity index (χ2v) is 7.35. The predicted molar refractivity (Wildman–Crippen MR) is 121 cm³/mol. The van der Waals surface area contributed by atoms with Crippen molar-refractivity contribution in [1.29, 1.82) is 0 Å². The van der Waals surface area contributed by atoms with Crippen LogP contribution in [0.3, 0.4) is 0 Å². The largest absolute Gasteiger partial charge is 0.365 e. The molecule has 0 unspecified atom stereocenters. The minimum absolute atomic E-state index is 0.00556. The molecule has 0 fully saturated rings. The molecule has 0 spiro atoms. The lowest BCUT2D eigenvalue weighted by atomic mass is 10.1. The average Bonchev–Trinajstić information content (AvgIpc) is 2.73. The Hall–Kier alpha value is -2.44. The van der Waals surface area contributed by atoms with Crippen molar-refractivity contribution in [2.24, 2.45) is 0 Å². The molecule has 0 aliphatic carbocycles. The van der Waals surface area contributed by atoms with Crippen molar-refractivity contribution in [1.82, 2.24) is 14.9 Å². The van der Waals surface area contributed by atoms with Crippen molar-refractivity contribution in [3.05, 3.63) is 59.3 Å². The summed E-state index contributed by atoms with van der Waals surface area (Å²) < 4.78 is 0. The van der Waals surface area contributed by atoms with E-state index in [9.17, 15) is 4.79 Å². The molecule has 156 valence electrons. The Morgan fingerprint density at radius 3 is 2.83 bits per heavy atom. The molecule has 7 heteroatoms. The maximum absolute atomic E-state index is 11.6. The highest BCUT2D eigenvalue weighted by Gasteiger charge is 2.06. The highest BCUT2D eigenvalue weighted by molar-refractivity contribution is 6.32. The number of rotatable bonds is 13. The van der Waals surface area contributed by atoms with Crippen LogP contribution >= 0.6 is 11.6 Å². The number of ketones is 1. The smallest absolute Gasteiger partial charge is 0.224 e. The monoisotopic (exact) mass is 415 g/mol. The van der Waals surface area contributed by atoms with E-state index in [0.717, 1.165) is 43.6 Å². The van der Waals surface area contributed by atoms with E-state index in [0.29, 0.717) is 29.8 Å². The average molecular weight is 416 g/mol. The van der Waals surface area contributed by atoms with Crippen molar-refractivity contribution in [2.45, 2.75) is 32.7 Å². The topological polar surface area (TPSA) is 70.2 Å². The number of hydrogen-bond donors (Lipinski definition) is 2. The normalized spacial score (nSPS) is 10.8. The molecule has 0 aliphatic rings. The van der Waals surface area contributed by atoms with Crippen molar-refractivity contribution in [3.8, 4) is 0 Å². The van der Waals surface area contributed by atoms with E-state index in [4.69, 9.17) is 11.6 Å². The van der Waals surface area contributed by atoms with E-state index >= 15 is 0 Å². The molecule has 0 aliphatic heterocycles. The Labute approximate surface area is 178 Å². The van der Waals surface area contributed by atoms with E-state index < -0.39 is 0 Å². The molecule has 0 amide bonds. The van der Waals surface area contributed by atoms with Gasteiger partial charge >= 0.3 is 0 Å². The summed E-state index contributed by atoms with van der Waals surface area (Å²) >= 11 is 6.24. The minimum Gasteiger partial charge on any atom is -0.365 e. The van der Waals surface area contributed by atoms with Gasteiger partial charge in [0.15, 0.2) is 11.6 Å². The van der Waals surface area contributed by atoms with Crippen LogP contribution < -0.4 is 10.6 Å². The maximum Gasteiger partial charge on any atom is 0.224 e. The van der Waals surface area contributed by atoms with Gasteiger partial charge in [0.05, 0.1) is 6.20 Å². The fourth-order valence-corrected chi connectivity index (χ4v) is 2.91. The summed E-state index contributed by atoms with van der Waals surface area (Å²) in [7, 11) is 2.13. The van der Waals surface area contributed by atoms with Crippen LogP contribution in [0, 0.1) is 0 Å². The van der Waals surface area contributed by atoms with Crippen molar-refractivity contribution >= 4 is 29.2 Å². The van der Waals surface area contributed by atoms with E-state index in [1.54, 1.807) is 6.20 Å². The quantitative estimate of drug-likeness (QED) is 0.377. The van der Waals surface area contributed by atoms with E-state index in [-0.39, 0.29) is 5.78 Å². The van der Waals surface area contributed by atoms with Gasteiger partial charge in [0.1, 0.15) is 5.02 Å². The van der Waals surface area contributed by atoms with Gasteiger partial charge in [-0.05, 0) is 50.2 Å². The molecule has 6 nitrogen and oxygen atoms in total. The first-order chi connectivity index (χ1) is 14.0.